The molecule has 0 amide bonds. The van der Waals surface area contributed by atoms with Gasteiger partial charge >= 0.3 is 11.9 Å². The topological polar surface area (TPSA) is 63.6 Å². The predicted molar refractivity (Wildman–Crippen MR) is 162 cm³/mol. The molecule has 0 aliphatic heterocycles. The molecule has 38 heavy (non-hydrogen) atoms. The number of hydrogen-bond donors (Lipinski definition) is 1. The van der Waals surface area contributed by atoms with Crippen molar-refractivity contribution in [3.8, 4) is 0 Å². The average Bonchev–Trinajstić information content (AvgIpc) is 2.89. The Morgan fingerprint density at radius 3 is 1.71 bits per heavy atom. The van der Waals surface area contributed by atoms with Crippen molar-refractivity contribution in [2.45, 2.75) is 168 Å². The van der Waals surface area contributed by atoms with Crippen molar-refractivity contribution >= 4 is 11.9 Å². The number of carbonyl (C=O) groups is 2. The van der Waals surface area contributed by atoms with Crippen LogP contribution in [0.15, 0.2) is 36.5 Å². The van der Waals surface area contributed by atoms with E-state index in [2.05, 4.69) is 50.3 Å². The van der Waals surface area contributed by atoms with Crippen LogP contribution in [-0.2, 0) is 14.3 Å². The monoisotopic (exact) mass is 532 g/mol. The Bertz CT molecular complexity index is 620. The molecule has 0 rings (SSSR count). The molecule has 0 radical (unpaired) electrons. The zero-order valence-electron chi connectivity index (χ0n) is 25.0. The summed E-state index contributed by atoms with van der Waals surface area (Å²) in [6, 6.07) is 0. The van der Waals surface area contributed by atoms with Gasteiger partial charge in [0, 0.05) is 6.42 Å². The molecule has 0 saturated carbocycles. The van der Waals surface area contributed by atoms with Gasteiger partial charge in [0.2, 0.25) is 0 Å². The lowest BCUT2D eigenvalue weighted by molar-refractivity contribution is -0.153. The van der Waals surface area contributed by atoms with Crippen LogP contribution >= 0.6 is 0 Å². The van der Waals surface area contributed by atoms with Gasteiger partial charge in [0.25, 0.3) is 0 Å². The summed E-state index contributed by atoms with van der Waals surface area (Å²) in [6.07, 6.45) is 37.3. The second kappa shape index (κ2) is 29.7. The van der Waals surface area contributed by atoms with Gasteiger partial charge in [-0.25, -0.2) is 0 Å². The third-order valence-corrected chi connectivity index (χ3v) is 6.86. The normalized spacial score (nSPS) is 12.7. The first-order valence-electron chi connectivity index (χ1n) is 16.0. The third kappa shape index (κ3) is 28.7. The molecule has 0 aliphatic rings. The molecule has 0 fully saturated rings. The summed E-state index contributed by atoms with van der Waals surface area (Å²) >= 11 is 0. The van der Waals surface area contributed by atoms with Crippen molar-refractivity contribution in [3.05, 3.63) is 36.5 Å². The van der Waals surface area contributed by atoms with Crippen LogP contribution in [0.3, 0.4) is 0 Å². The Kier molecular flexibility index (Phi) is 28.3. The maximum absolute atomic E-state index is 12.2. The van der Waals surface area contributed by atoms with E-state index in [1.54, 1.807) is 0 Å². The molecule has 0 aromatic heterocycles. The summed E-state index contributed by atoms with van der Waals surface area (Å²) in [4.78, 5) is 23.4. The highest BCUT2D eigenvalue weighted by Gasteiger charge is 2.17. The second-order valence-corrected chi connectivity index (χ2v) is 10.6. The predicted octanol–water partition coefficient (Wildman–Crippen LogP) is 10.7. The van der Waals surface area contributed by atoms with E-state index in [9.17, 15) is 14.7 Å². The van der Waals surface area contributed by atoms with Crippen LogP contribution in [0.2, 0.25) is 0 Å². The van der Waals surface area contributed by atoms with Crippen LogP contribution in [0.25, 0.3) is 0 Å². The molecule has 4 heteroatoms. The fourth-order valence-corrected chi connectivity index (χ4v) is 4.57. The molecule has 1 unspecified atom stereocenters. The van der Waals surface area contributed by atoms with Crippen LogP contribution in [0.4, 0.5) is 0 Å². The summed E-state index contributed by atoms with van der Waals surface area (Å²) in [5.41, 5.74) is 0. The van der Waals surface area contributed by atoms with E-state index in [4.69, 9.17) is 4.74 Å². The first-order valence-corrected chi connectivity index (χ1v) is 16.0. The molecule has 0 bridgehead atoms. The lowest BCUT2D eigenvalue weighted by Crippen LogP contribution is -2.21. The number of unbranched alkanes of at least 4 members (excludes halogenated alkanes) is 15. The van der Waals surface area contributed by atoms with Crippen molar-refractivity contribution < 1.29 is 19.4 Å². The van der Waals surface area contributed by atoms with Crippen LogP contribution in [-0.4, -0.2) is 23.1 Å². The van der Waals surface area contributed by atoms with Crippen molar-refractivity contribution in [1.29, 1.82) is 0 Å². The van der Waals surface area contributed by atoms with Gasteiger partial charge in [-0.2, -0.15) is 0 Å². The van der Waals surface area contributed by atoms with E-state index in [1.165, 1.54) is 70.6 Å². The van der Waals surface area contributed by atoms with E-state index in [0.29, 0.717) is 12.8 Å². The third-order valence-electron chi connectivity index (χ3n) is 6.86. The van der Waals surface area contributed by atoms with E-state index in [1.807, 2.05) is 0 Å². The van der Waals surface area contributed by atoms with Gasteiger partial charge in [0.1, 0.15) is 6.10 Å². The smallest absolute Gasteiger partial charge is 0.307 e. The number of allylic oxidation sites excluding steroid dienone is 6. The van der Waals surface area contributed by atoms with Crippen LogP contribution in [0.5, 0.6) is 0 Å². The van der Waals surface area contributed by atoms with Gasteiger partial charge in [-0.15, -0.1) is 0 Å². The van der Waals surface area contributed by atoms with Crippen molar-refractivity contribution in [2.75, 3.05) is 0 Å². The molecule has 4 nitrogen and oxygen atoms in total. The average molecular weight is 533 g/mol. The molecule has 0 spiro atoms. The van der Waals surface area contributed by atoms with Gasteiger partial charge in [0.05, 0.1) is 6.42 Å². The molecule has 0 aromatic carbocycles. The molecule has 0 aromatic rings. The maximum Gasteiger partial charge on any atom is 0.307 e. The summed E-state index contributed by atoms with van der Waals surface area (Å²) in [7, 11) is 0. The van der Waals surface area contributed by atoms with Gasteiger partial charge in [-0.3, -0.25) is 9.59 Å². The Labute approximate surface area is 235 Å². The number of carboxylic acid groups (broad SMARTS) is 1. The lowest BCUT2D eigenvalue weighted by atomic mass is 10.0. The zero-order valence-corrected chi connectivity index (χ0v) is 25.0. The Morgan fingerprint density at radius 1 is 0.632 bits per heavy atom. The van der Waals surface area contributed by atoms with Crippen LogP contribution in [0.1, 0.15) is 162 Å². The van der Waals surface area contributed by atoms with Crippen molar-refractivity contribution in [1.82, 2.24) is 0 Å². The maximum atomic E-state index is 12.2. The molecular weight excluding hydrogens is 472 g/mol. The molecule has 1 N–H and O–H groups in total. The largest absolute Gasteiger partial charge is 0.481 e. The van der Waals surface area contributed by atoms with E-state index < -0.39 is 12.1 Å². The van der Waals surface area contributed by atoms with Gasteiger partial charge in [-0.05, 0) is 51.4 Å². The standard InChI is InChI=1S/C34H60O4/c1-3-5-7-9-11-13-14-15-16-17-18-19-20-22-24-26-28-30-34(37)38-32(31-33(35)36)29-27-25-23-21-12-10-8-6-4-2/h5,7,11,13,15-16,32H,3-4,6,8-10,12,14,17-31H2,1-2H3,(H,35,36)/b7-5-,13-11-,16-15-. The van der Waals surface area contributed by atoms with Crippen LogP contribution < -0.4 is 0 Å². The van der Waals surface area contributed by atoms with E-state index in [0.717, 1.165) is 57.8 Å². The van der Waals surface area contributed by atoms with Crippen molar-refractivity contribution in [3.63, 3.8) is 0 Å². The summed E-state index contributed by atoms with van der Waals surface area (Å²) in [6.45, 7) is 4.39. The second-order valence-electron chi connectivity index (χ2n) is 10.6. The first kappa shape index (κ1) is 36.2. The number of esters is 1. The number of ether oxygens (including phenoxy) is 1. The van der Waals surface area contributed by atoms with Crippen molar-refractivity contribution in [2.24, 2.45) is 0 Å². The Morgan fingerprint density at radius 2 is 1.13 bits per heavy atom. The highest BCUT2D eigenvalue weighted by molar-refractivity contribution is 5.71. The minimum atomic E-state index is -0.887. The van der Waals surface area contributed by atoms with Gasteiger partial charge in [0.15, 0.2) is 0 Å². The zero-order chi connectivity index (χ0) is 27.9. The summed E-state index contributed by atoms with van der Waals surface area (Å²) in [5, 5.41) is 9.17. The Hall–Kier alpha value is -1.84. The fourth-order valence-electron chi connectivity index (χ4n) is 4.57. The number of rotatable bonds is 28. The molecular formula is C34H60O4. The van der Waals surface area contributed by atoms with Crippen LogP contribution in [0, 0.1) is 0 Å². The van der Waals surface area contributed by atoms with Gasteiger partial charge in [-0.1, -0.05) is 134 Å². The number of hydrogen-bond acceptors (Lipinski definition) is 3. The molecule has 0 aliphatic carbocycles. The molecule has 0 heterocycles. The van der Waals surface area contributed by atoms with Gasteiger partial charge < -0.3 is 9.84 Å². The highest BCUT2D eigenvalue weighted by atomic mass is 16.5. The SMILES string of the molecule is CC/C=C\C/C=C\C/C=C\CCCCCCCCCC(=O)OC(CCCCCCCCCCC)CC(=O)O. The quantitative estimate of drug-likeness (QED) is 0.0618. The molecule has 0 saturated heterocycles. The highest BCUT2D eigenvalue weighted by Crippen LogP contribution is 2.16. The minimum absolute atomic E-state index is 0.0781. The Balaban J connectivity index is 3.70. The molecule has 1 atom stereocenters. The minimum Gasteiger partial charge on any atom is -0.481 e. The van der Waals surface area contributed by atoms with E-state index in [-0.39, 0.29) is 12.4 Å². The van der Waals surface area contributed by atoms with E-state index >= 15 is 0 Å². The fraction of sp³-hybridized carbons (Fsp3) is 0.765. The number of carbonyl (C=O) groups excluding carboxylic acids is 1. The molecule has 220 valence electrons. The lowest BCUT2D eigenvalue weighted by Gasteiger charge is -2.16. The summed E-state index contributed by atoms with van der Waals surface area (Å²) in [5.74, 6) is -1.12. The number of aliphatic carboxylic acids is 1. The first-order chi connectivity index (χ1) is 18.6. The number of carboxylic acids is 1. The summed E-state index contributed by atoms with van der Waals surface area (Å²) < 4.78 is 5.53.